The minimum atomic E-state index is -4.70. The molecule has 1 aromatic carbocycles. The third-order valence-electron chi connectivity index (χ3n) is 7.26. The number of carbonyl (C=O) groups is 1. The number of nitrogens with zero attached hydrogens (tertiary/aromatic N) is 5. The van der Waals surface area contributed by atoms with E-state index >= 15 is 0 Å². The molecule has 2 aliphatic heterocycles. The second-order valence-corrected chi connectivity index (χ2v) is 10.1. The van der Waals surface area contributed by atoms with E-state index in [-0.39, 0.29) is 29.9 Å². The number of likely N-dealkylation sites (tertiary alicyclic amines) is 2. The smallest absolute Gasteiger partial charge is 0.406 e. The third kappa shape index (κ3) is 4.33. The Morgan fingerprint density at radius 3 is 2.44 bits per heavy atom. The summed E-state index contributed by atoms with van der Waals surface area (Å²) in [6.07, 6.45) is 1.58. The van der Waals surface area contributed by atoms with Crippen LogP contribution in [0.15, 0.2) is 30.6 Å². The lowest BCUT2D eigenvalue weighted by Crippen LogP contribution is -2.68. The number of ether oxygens (including phenoxy) is 2. The van der Waals surface area contributed by atoms with Gasteiger partial charge < -0.3 is 19.3 Å². The highest BCUT2D eigenvalue weighted by Gasteiger charge is 2.55. The lowest BCUT2D eigenvalue weighted by Gasteiger charge is -2.59. The first-order valence-electron chi connectivity index (χ1n) is 11.7. The van der Waals surface area contributed by atoms with Gasteiger partial charge in [0.05, 0.1) is 31.8 Å². The molecule has 2 saturated carbocycles. The predicted molar refractivity (Wildman–Crippen MR) is 113 cm³/mol. The summed E-state index contributed by atoms with van der Waals surface area (Å²) in [6, 6.07) is 6.07. The van der Waals surface area contributed by atoms with Crippen LogP contribution in [-0.2, 0) is 11.3 Å². The molecule has 0 bridgehead atoms. The predicted octanol–water partition coefficient (Wildman–Crippen LogP) is 3.71. The molecule has 2 saturated heterocycles. The number of alkyl halides is 3. The molecule has 1 spiro atoms. The number of halogens is 3. The molecule has 4 fully saturated rings. The van der Waals surface area contributed by atoms with E-state index in [2.05, 4.69) is 14.8 Å². The van der Waals surface area contributed by atoms with Crippen LogP contribution in [0.3, 0.4) is 0 Å². The molecule has 2 amide bonds. The molecule has 2 aliphatic carbocycles. The van der Waals surface area contributed by atoms with Crippen molar-refractivity contribution in [1.29, 1.82) is 0 Å². The Labute approximate surface area is 194 Å². The molecule has 0 unspecified atom stereocenters. The molecule has 34 heavy (non-hydrogen) atoms. The molecule has 4 aliphatic rings. The summed E-state index contributed by atoms with van der Waals surface area (Å²) in [4.78, 5) is 20.8. The maximum Gasteiger partial charge on any atom is 0.573 e. The summed E-state index contributed by atoms with van der Waals surface area (Å²) in [5.74, 6) is 1.29. The van der Waals surface area contributed by atoms with Crippen molar-refractivity contribution in [1.82, 2.24) is 24.6 Å². The first-order chi connectivity index (χ1) is 16.3. The summed E-state index contributed by atoms with van der Waals surface area (Å²) in [5.41, 5.74) is 0.981. The third-order valence-corrected chi connectivity index (χ3v) is 7.26. The van der Waals surface area contributed by atoms with Crippen LogP contribution in [-0.4, -0.2) is 69.2 Å². The first-order valence-corrected chi connectivity index (χ1v) is 11.7. The first kappa shape index (κ1) is 21.7. The Hall–Kier alpha value is -2.82. The van der Waals surface area contributed by atoms with Gasteiger partial charge in [-0.1, -0.05) is 12.1 Å². The lowest BCUT2D eigenvalue weighted by atomic mass is 9.61. The molecule has 3 heterocycles. The molecule has 6 rings (SSSR count). The summed E-state index contributed by atoms with van der Waals surface area (Å²) >= 11 is 0. The van der Waals surface area contributed by atoms with E-state index in [9.17, 15) is 18.0 Å². The fourth-order valence-corrected chi connectivity index (χ4v) is 5.18. The van der Waals surface area contributed by atoms with Gasteiger partial charge in [-0.25, -0.2) is 14.5 Å². The second-order valence-electron chi connectivity index (χ2n) is 10.1. The van der Waals surface area contributed by atoms with Gasteiger partial charge in [-0.15, -0.1) is 13.2 Å². The highest BCUT2D eigenvalue weighted by Crippen LogP contribution is 2.54. The molecule has 0 atom stereocenters. The number of benzene rings is 1. The van der Waals surface area contributed by atoms with E-state index in [4.69, 9.17) is 4.74 Å². The van der Waals surface area contributed by atoms with Crippen LogP contribution >= 0.6 is 0 Å². The van der Waals surface area contributed by atoms with Crippen molar-refractivity contribution in [2.24, 2.45) is 5.41 Å². The number of hydrogen-bond donors (Lipinski definition) is 0. The van der Waals surface area contributed by atoms with E-state index in [1.807, 2.05) is 15.9 Å². The van der Waals surface area contributed by atoms with Gasteiger partial charge >= 0.3 is 12.4 Å². The maximum atomic E-state index is 12.7. The topological polar surface area (TPSA) is 72.7 Å². The van der Waals surface area contributed by atoms with E-state index < -0.39 is 6.36 Å². The molecule has 11 heteroatoms. The van der Waals surface area contributed by atoms with E-state index in [1.54, 1.807) is 17.0 Å². The SMILES string of the molecule is O=C(N1CC(OCc2ccc(OC(F)(F)F)cc2)C1)N1CC2(CC(n3cnc(C4CC4)n3)C2)C1. The average molecular weight is 477 g/mol. The van der Waals surface area contributed by atoms with E-state index in [0.717, 1.165) is 37.3 Å². The van der Waals surface area contributed by atoms with Crippen LogP contribution in [0.1, 0.15) is 49.0 Å². The van der Waals surface area contributed by atoms with Crippen LogP contribution in [0.4, 0.5) is 18.0 Å². The standard InChI is InChI=1S/C23H26F3N5O3/c24-23(25,26)34-18-5-1-15(2-6-18)11-33-19-9-29(10-19)21(32)30-12-22(13-30)7-17(8-22)31-14-27-20(28-31)16-3-4-16/h1-2,5-6,14,16-17,19H,3-4,7-13H2. The van der Waals surface area contributed by atoms with Gasteiger partial charge in [-0.05, 0) is 43.4 Å². The Balaban J connectivity index is 0.895. The largest absolute Gasteiger partial charge is 0.573 e. The van der Waals surface area contributed by atoms with Crippen LogP contribution in [0, 0.1) is 5.41 Å². The van der Waals surface area contributed by atoms with Crippen molar-refractivity contribution >= 4 is 6.03 Å². The molecule has 0 radical (unpaired) electrons. The van der Waals surface area contributed by atoms with E-state index in [0.29, 0.717) is 25.0 Å². The fourth-order valence-electron chi connectivity index (χ4n) is 5.18. The molecule has 2 aromatic rings. The molecule has 8 nitrogen and oxygen atoms in total. The van der Waals surface area contributed by atoms with Crippen molar-refractivity contribution in [2.75, 3.05) is 26.2 Å². The van der Waals surface area contributed by atoms with Gasteiger partial charge in [0.1, 0.15) is 12.1 Å². The van der Waals surface area contributed by atoms with Gasteiger partial charge in [0.2, 0.25) is 0 Å². The molecule has 1 aromatic heterocycles. The normalized spacial score (nSPS) is 22.3. The number of amides is 2. The van der Waals surface area contributed by atoms with Gasteiger partial charge in [0, 0.05) is 24.4 Å². The molecule has 0 N–H and O–H groups in total. The van der Waals surface area contributed by atoms with Crippen molar-refractivity contribution in [3.63, 3.8) is 0 Å². The molecular weight excluding hydrogens is 451 g/mol. The fraction of sp³-hybridized carbons (Fsp3) is 0.609. The number of carbonyl (C=O) groups excluding carboxylic acids is 1. The van der Waals surface area contributed by atoms with Gasteiger partial charge in [-0.2, -0.15) is 5.10 Å². The van der Waals surface area contributed by atoms with Crippen molar-refractivity contribution in [3.8, 4) is 5.75 Å². The average Bonchev–Trinajstić information content (AvgIpc) is 3.43. The Kier molecular flexibility index (Phi) is 5.02. The van der Waals surface area contributed by atoms with Crippen LogP contribution in [0.25, 0.3) is 0 Å². The lowest BCUT2D eigenvalue weighted by molar-refractivity contribution is -0.274. The molecular formula is C23H26F3N5O3. The van der Waals surface area contributed by atoms with E-state index in [1.165, 1.54) is 25.0 Å². The summed E-state index contributed by atoms with van der Waals surface area (Å²) < 4.78 is 48.3. The zero-order valence-corrected chi connectivity index (χ0v) is 18.6. The zero-order valence-electron chi connectivity index (χ0n) is 18.6. The van der Waals surface area contributed by atoms with Crippen molar-refractivity contribution in [3.05, 3.63) is 42.0 Å². The monoisotopic (exact) mass is 477 g/mol. The molecule has 182 valence electrons. The quantitative estimate of drug-likeness (QED) is 0.634. The summed E-state index contributed by atoms with van der Waals surface area (Å²) in [7, 11) is 0. The highest BCUT2D eigenvalue weighted by atomic mass is 19.4. The van der Waals surface area contributed by atoms with Crippen LogP contribution < -0.4 is 4.74 Å². The Morgan fingerprint density at radius 2 is 1.79 bits per heavy atom. The van der Waals surface area contributed by atoms with Gasteiger partial charge in [-0.3, -0.25) is 0 Å². The van der Waals surface area contributed by atoms with Crippen molar-refractivity contribution in [2.45, 2.75) is 56.7 Å². The van der Waals surface area contributed by atoms with Crippen LogP contribution in [0.2, 0.25) is 0 Å². The number of aromatic nitrogens is 3. The Bertz CT molecular complexity index is 1050. The number of rotatable bonds is 6. The van der Waals surface area contributed by atoms with Gasteiger partial charge in [0.15, 0.2) is 5.82 Å². The maximum absolute atomic E-state index is 12.7. The van der Waals surface area contributed by atoms with Crippen molar-refractivity contribution < 1.29 is 27.4 Å². The second kappa shape index (κ2) is 7.86. The Morgan fingerprint density at radius 1 is 1.09 bits per heavy atom. The minimum Gasteiger partial charge on any atom is -0.406 e. The minimum absolute atomic E-state index is 0.0550. The summed E-state index contributed by atoms with van der Waals surface area (Å²) in [6.45, 7) is 2.92. The highest BCUT2D eigenvalue weighted by molar-refractivity contribution is 5.76. The summed E-state index contributed by atoms with van der Waals surface area (Å²) in [5, 5.41) is 4.64. The number of urea groups is 1. The van der Waals surface area contributed by atoms with Gasteiger partial charge in [0.25, 0.3) is 0 Å². The number of hydrogen-bond acceptors (Lipinski definition) is 5. The van der Waals surface area contributed by atoms with Crippen LogP contribution in [0.5, 0.6) is 5.75 Å². The zero-order chi connectivity index (χ0) is 23.5.